The van der Waals surface area contributed by atoms with Gasteiger partial charge in [-0.2, -0.15) is 0 Å². The molecule has 2 fully saturated rings. The number of nitrogens with one attached hydrogen (secondary N) is 1. The number of para-hydroxylation sites is 1. The molecule has 0 saturated heterocycles. The van der Waals surface area contributed by atoms with Crippen molar-refractivity contribution in [3.05, 3.63) is 29.3 Å². The highest BCUT2D eigenvalue weighted by Gasteiger charge is 2.27. The molecule has 1 aromatic carbocycles. The van der Waals surface area contributed by atoms with Crippen molar-refractivity contribution >= 4 is 5.91 Å². The summed E-state index contributed by atoms with van der Waals surface area (Å²) in [5, 5.41) is 22.6. The van der Waals surface area contributed by atoms with Crippen LogP contribution in [0.5, 0.6) is 5.75 Å². The number of benzene rings is 1. The zero-order valence-electron chi connectivity index (χ0n) is 17.5. The van der Waals surface area contributed by atoms with E-state index in [9.17, 15) is 15.0 Å². The maximum atomic E-state index is 11.6. The Bertz CT molecular complexity index is 641. The number of amides is 1. The van der Waals surface area contributed by atoms with Gasteiger partial charge < -0.3 is 15.5 Å². The molecule has 4 nitrogen and oxygen atoms in total. The zero-order chi connectivity index (χ0) is 20.1. The fourth-order valence-electron chi connectivity index (χ4n) is 5.16. The Morgan fingerprint density at radius 3 is 2.18 bits per heavy atom. The topological polar surface area (TPSA) is 69.6 Å². The smallest absolute Gasteiger partial charge is 0.248 e. The summed E-state index contributed by atoms with van der Waals surface area (Å²) in [6, 6.07) is 6.39. The van der Waals surface area contributed by atoms with Gasteiger partial charge >= 0.3 is 0 Å². The number of phenols is 1. The first-order chi connectivity index (χ1) is 13.4. The van der Waals surface area contributed by atoms with Gasteiger partial charge in [-0.05, 0) is 94.1 Å². The van der Waals surface area contributed by atoms with Crippen molar-refractivity contribution in [2.24, 2.45) is 11.8 Å². The van der Waals surface area contributed by atoms with E-state index >= 15 is 0 Å². The largest absolute Gasteiger partial charge is 0.507 e. The number of rotatable bonds is 6. The van der Waals surface area contributed by atoms with Crippen LogP contribution in [0.2, 0.25) is 0 Å². The van der Waals surface area contributed by atoms with Gasteiger partial charge in [-0.1, -0.05) is 31.0 Å². The van der Waals surface area contributed by atoms with Crippen LogP contribution in [0.15, 0.2) is 18.2 Å². The zero-order valence-corrected chi connectivity index (χ0v) is 17.5. The Kier molecular flexibility index (Phi) is 7.39. The molecule has 4 heteroatoms. The van der Waals surface area contributed by atoms with Crippen LogP contribution in [-0.4, -0.2) is 28.3 Å². The third kappa shape index (κ3) is 5.50. The third-order valence-corrected chi connectivity index (χ3v) is 7.11. The van der Waals surface area contributed by atoms with Crippen molar-refractivity contribution in [2.75, 3.05) is 0 Å². The average Bonchev–Trinajstić information content (AvgIpc) is 2.70. The lowest BCUT2D eigenvalue weighted by atomic mass is 9.74. The minimum absolute atomic E-state index is 0.236. The number of phenolic OH excluding ortho intramolecular Hbond substituents is 1. The summed E-state index contributed by atoms with van der Waals surface area (Å²) in [7, 11) is 0. The van der Waals surface area contributed by atoms with Gasteiger partial charge in [0.1, 0.15) is 11.9 Å². The molecule has 2 aliphatic rings. The molecule has 156 valence electrons. The highest BCUT2D eigenvalue weighted by Crippen LogP contribution is 2.42. The first kappa shape index (κ1) is 21.2. The molecular weight excluding hydrogens is 350 g/mol. The summed E-state index contributed by atoms with van der Waals surface area (Å²) in [5.74, 6) is 2.41. The van der Waals surface area contributed by atoms with Gasteiger partial charge in [0.25, 0.3) is 0 Å². The van der Waals surface area contributed by atoms with Crippen LogP contribution in [0, 0.1) is 18.8 Å². The van der Waals surface area contributed by atoms with Gasteiger partial charge in [0.05, 0.1) is 0 Å². The number of hydrogen-bond donors (Lipinski definition) is 3. The highest BCUT2D eigenvalue weighted by molar-refractivity contribution is 5.80. The van der Waals surface area contributed by atoms with E-state index in [-0.39, 0.29) is 11.9 Å². The fraction of sp³-hybridized carbons (Fsp3) is 0.708. The number of aliphatic hydroxyl groups excluding tert-OH is 1. The summed E-state index contributed by atoms with van der Waals surface area (Å²) in [4.78, 5) is 11.6. The third-order valence-electron chi connectivity index (χ3n) is 7.11. The summed E-state index contributed by atoms with van der Waals surface area (Å²) in [5.41, 5.74) is 2.14. The molecule has 2 aliphatic carbocycles. The van der Waals surface area contributed by atoms with Crippen molar-refractivity contribution in [3.8, 4) is 5.75 Å². The van der Waals surface area contributed by atoms with E-state index in [1.165, 1.54) is 58.3 Å². The molecule has 0 heterocycles. The van der Waals surface area contributed by atoms with E-state index in [2.05, 4.69) is 17.4 Å². The van der Waals surface area contributed by atoms with Crippen LogP contribution in [0.1, 0.15) is 88.2 Å². The molecule has 3 N–H and O–H groups in total. The van der Waals surface area contributed by atoms with Crippen molar-refractivity contribution < 1.29 is 15.0 Å². The number of aryl methyl sites for hydroxylation is 1. The van der Waals surface area contributed by atoms with E-state index in [0.29, 0.717) is 11.7 Å². The molecule has 2 saturated carbocycles. The Hall–Kier alpha value is -1.55. The van der Waals surface area contributed by atoms with Crippen LogP contribution >= 0.6 is 0 Å². The molecule has 1 amide bonds. The summed E-state index contributed by atoms with van der Waals surface area (Å²) in [6.07, 6.45) is 11.1. The van der Waals surface area contributed by atoms with Gasteiger partial charge in [-0.25, -0.2) is 0 Å². The van der Waals surface area contributed by atoms with E-state index in [4.69, 9.17) is 0 Å². The Balaban J connectivity index is 1.36. The first-order valence-electron chi connectivity index (χ1n) is 11.2. The summed E-state index contributed by atoms with van der Waals surface area (Å²) >= 11 is 0. The number of carbonyl (C=O) groups excluding carboxylic acids is 1. The SMILES string of the molecule is Cc1cccc(C2CCC(CC[C@H]3CC[C@H](NC(=O)C(C)O)CC3)CC2)c1O. The van der Waals surface area contributed by atoms with E-state index in [0.717, 1.165) is 35.8 Å². The van der Waals surface area contributed by atoms with Crippen molar-refractivity contribution in [2.45, 2.75) is 96.1 Å². The molecule has 0 aromatic heterocycles. The van der Waals surface area contributed by atoms with Crippen molar-refractivity contribution in [1.82, 2.24) is 5.32 Å². The molecule has 0 radical (unpaired) electrons. The second-order valence-electron chi connectivity index (χ2n) is 9.21. The Labute approximate surface area is 169 Å². The average molecular weight is 388 g/mol. The molecule has 1 aromatic rings. The van der Waals surface area contributed by atoms with Crippen LogP contribution in [0.3, 0.4) is 0 Å². The highest BCUT2D eigenvalue weighted by atomic mass is 16.3. The van der Waals surface area contributed by atoms with Crippen LogP contribution in [0.25, 0.3) is 0 Å². The molecular formula is C24H37NO3. The van der Waals surface area contributed by atoms with Crippen LogP contribution in [-0.2, 0) is 4.79 Å². The van der Waals surface area contributed by atoms with E-state index in [1.54, 1.807) is 0 Å². The lowest BCUT2D eigenvalue weighted by Gasteiger charge is -2.32. The van der Waals surface area contributed by atoms with Crippen LogP contribution < -0.4 is 5.32 Å². The number of aromatic hydroxyl groups is 1. The second kappa shape index (κ2) is 9.78. The van der Waals surface area contributed by atoms with Gasteiger partial charge in [0.15, 0.2) is 0 Å². The monoisotopic (exact) mass is 387 g/mol. The van der Waals surface area contributed by atoms with Crippen molar-refractivity contribution in [1.29, 1.82) is 0 Å². The molecule has 28 heavy (non-hydrogen) atoms. The Morgan fingerprint density at radius 1 is 1.04 bits per heavy atom. The predicted octanol–water partition coefficient (Wildman–Crippen LogP) is 4.81. The Morgan fingerprint density at radius 2 is 1.61 bits per heavy atom. The molecule has 1 atom stereocenters. The predicted molar refractivity (Wildman–Crippen MR) is 112 cm³/mol. The molecule has 0 spiro atoms. The van der Waals surface area contributed by atoms with Gasteiger partial charge in [0.2, 0.25) is 5.91 Å². The van der Waals surface area contributed by atoms with Gasteiger partial charge in [-0.15, -0.1) is 0 Å². The van der Waals surface area contributed by atoms with Gasteiger partial charge in [0, 0.05) is 6.04 Å². The molecule has 3 rings (SSSR count). The number of aliphatic hydroxyl groups is 1. The second-order valence-corrected chi connectivity index (χ2v) is 9.21. The number of hydrogen-bond acceptors (Lipinski definition) is 3. The molecule has 0 aliphatic heterocycles. The summed E-state index contributed by atoms with van der Waals surface area (Å²) < 4.78 is 0. The standard InChI is InChI=1S/C24H37NO3/c1-16-4-3-5-22(23(16)27)20-12-8-18(9-13-20)6-7-19-10-14-21(15-11-19)25-24(28)17(2)26/h3-5,17-21,26-27H,6-15H2,1-2H3,(H,25,28)/t17?,18?,19-,20?,21-. The normalized spacial score (nSPS) is 29.2. The van der Waals surface area contributed by atoms with E-state index < -0.39 is 6.10 Å². The minimum atomic E-state index is -0.908. The quantitative estimate of drug-likeness (QED) is 0.656. The van der Waals surface area contributed by atoms with Crippen molar-refractivity contribution in [3.63, 3.8) is 0 Å². The maximum absolute atomic E-state index is 11.6. The number of carbonyl (C=O) groups is 1. The molecule has 1 unspecified atom stereocenters. The fourth-order valence-corrected chi connectivity index (χ4v) is 5.16. The van der Waals surface area contributed by atoms with E-state index in [1.807, 2.05) is 13.0 Å². The lowest BCUT2D eigenvalue weighted by Crippen LogP contribution is -2.42. The first-order valence-corrected chi connectivity index (χ1v) is 11.2. The van der Waals surface area contributed by atoms with Gasteiger partial charge in [-0.3, -0.25) is 4.79 Å². The van der Waals surface area contributed by atoms with Crippen LogP contribution in [0.4, 0.5) is 0 Å². The lowest BCUT2D eigenvalue weighted by molar-refractivity contribution is -0.129. The maximum Gasteiger partial charge on any atom is 0.248 e. The molecule has 0 bridgehead atoms. The minimum Gasteiger partial charge on any atom is -0.507 e. The summed E-state index contributed by atoms with van der Waals surface area (Å²) in [6.45, 7) is 3.50.